The first kappa shape index (κ1) is 10.9. The Morgan fingerprint density at radius 3 is 2.87 bits per heavy atom. The molecular weight excluding hydrogens is 254 g/mol. The van der Waals surface area contributed by atoms with Gasteiger partial charge in [0, 0.05) is 19.3 Å². The zero-order chi connectivity index (χ0) is 11.1. The smallest absolute Gasteiger partial charge is 0.143 e. The van der Waals surface area contributed by atoms with Gasteiger partial charge in [-0.15, -0.1) is 0 Å². The third-order valence-electron chi connectivity index (χ3n) is 3.08. The number of rotatable bonds is 2. The largest absolute Gasteiger partial charge is 0.352 e. The van der Waals surface area contributed by atoms with E-state index in [-0.39, 0.29) is 5.54 Å². The highest BCUT2D eigenvalue weighted by molar-refractivity contribution is 9.10. The molecule has 3 nitrogen and oxygen atoms in total. The van der Waals surface area contributed by atoms with Gasteiger partial charge in [-0.2, -0.15) is 0 Å². The molecule has 0 bridgehead atoms. The van der Waals surface area contributed by atoms with Gasteiger partial charge < -0.3 is 10.6 Å². The highest BCUT2D eigenvalue weighted by Gasteiger charge is 2.39. The Morgan fingerprint density at radius 2 is 2.27 bits per heavy atom. The second-order valence-corrected chi connectivity index (χ2v) is 5.13. The average molecular weight is 270 g/mol. The van der Waals surface area contributed by atoms with Crippen molar-refractivity contribution < 1.29 is 0 Å². The predicted molar refractivity (Wildman–Crippen MR) is 66.1 cm³/mol. The van der Waals surface area contributed by atoms with Crippen molar-refractivity contribution in [3.05, 3.63) is 22.3 Å². The van der Waals surface area contributed by atoms with Crippen molar-refractivity contribution >= 4 is 21.7 Å². The van der Waals surface area contributed by atoms with Crippen molar-refractivity contribution in [2.75, 3.05) is 18.0 Å². The number of nitrogens with zero attached hydrogens (tertiary/aromatic N) is 2. The average Bonchev–Trinajstić information content (AvgIpc) is 2.18. The number of pyridine rings is 1. The molecule has 1 aromatic rings. The molecule has 1 aliphatic rings. The minimum absolute atomic E-state index is 0.00906. The Morgan fingerprint density at radius 1 is 1.60 bits per heavy atom. The molecule has 1 aliphatic heterocycles. The Kier molecular flexibility index (Phi) is 2.73. The van der Waals surface area contributed by atoms with Crippen molar-refractivity contribution in [3.63, 3.8) is 0 Å². The predicted octanol–water partition coefficient (Wildman–Crippen LogP) is 2.08. The maximum atomic E-state index is 6.13. The first-order chi connectivity index (χ1) is 7.06. The molecule has 15 heavy (non-hydrogen) atoms. The van der Waals surface area contributed by atoms with Gasteiger partial charge >= 0.3 is 0 Å². The standard InChI is InChI=1S/C11H16BrN3/c1-3-11(13)6-15(7-11)10-9(12)8(2)4-5-14-10/h4-5H,3,6-7,13H2,1-2H3. The summed E-state index contributed by atoms with van der Waals surface area (Å²) in [5.41, 5.74) is 7.34. The van der Waals surface area contributed by atoms with E-state index in [4.69, 9.17) is 5.73 Å². The van der Waals surface area contributed by atoms with Crippen LogP contribution in [0, 0.1) is 6.92 Å². The van der Waals surface area contributed by atoms with E-state index in [1.807, 2.05) is 12.3 Å². The molecule has 0 aromatic carbocycles. The lowest BCUT2D eigenvalue weighted by Crippen LogP contribution is -2.67. The van der Waals surface area contributed by atoms with Crippen molar-refractivity contribution in [3.8, 4) is 0 Å². The van der Waals surface area contributed by atoms with Crippen LogP contribution in [-0.2, 0) is 0 Å². The molecule has 2 rings (SSSR count). The summed E-state index contributed by atoms with van der Waals surface area (Å²) in [4.78, 5) is 6.61. The molecule has 0 spiro atoms. The van der Waals surface area contributed by atoms with Gasteiger partial charge in [0.25, 0.3) is 0 Å². The van der Waals surface area contributed by atoms with E-state index >= 15 is 0 Å². The molecule has 0 aliphatic carbocycles. The highest BCUT2D eigenvalue weighted by Crippen LogP contribution is 2.33. The molecule has 82 valence electrons. The van der Waals surface area contributed by atoms with Gasteiger partial charge in [0.15, 0.2) is 0 Å². The third kappa shape index (κ3) is 1.88. The zero-order valence-electron chi connectivity index (χ0n) is 9.13. The zero-order valence-corrected chi connectivity index (χ0v) is 10.7. The van der Waals surface area contributed by atoms with E-state index in [9.17, 15) is 0 Å². The molecule has 0 amide bonds. The summed E-state index contributed by atoms with van der Waals surface area (Å²) in [5, 5.41) is 0. The first-order valence-corrected chi connectivity index (χ1v) is 6.00. The molecule has 4 heteroatoms. The summed E-state index contributed by atoms with van der Waals surface area (Å²) in [6.45, 7) is 6.01. The van der Waals surface area contributed by atoms with Crippen LogP contribution in [0.5, 0.6) is 0 Å². The number of halogens is 1. The van der Waals surface area contributed by atoms with Crippen LogP contribution in [0.15, 0.2) is 16.7 Å². The fourth-order valence-electron chi connectivity index (χ4n) is 1.83. The second-order valence-electron chi connectivity index (χ2n) is 4.34. The second kappa shape index (κ2) is 3.76. The molecular formula is C11H16BrN3. The van der Waals surface area contributed by atoms with E-state index in [0.29, 0.717) is 0 Å². The van der Waals surface area contributed by atoms with Gasteiger partial charge in [-0.1, -0.05) is 6.92 Å². The SMILES string of the molecule is CCC1(N)CN(c2nccc(C)c2Br)C1. The molecule has 0 unspecified atom stereocenters. The van der Waals surface area contributed by atoms with Gasteiger partial charge in [0.05, 0.1) is 10.0 Å². The van der Waals surface area contributed by atoms with Crippen LogP contribution in [-0.4, -0.2) is 23.6 Å². The maximum absolute atomic E-state index is 6.13. The molecule has 0 atom stereocenters. The van der Waals surface area contributed by atoms with Gasteiger partial charge in [0.1, 0.15) is 5.82 Å². The van der Waals surface area contributed by atoms with Crippen LogP contribution in [0.1, 0.15) is 18.9 Å². The number of nitrogens with two attached hydrogens (primary N) is 1. The summed E-state index contributed by atoms with van der Waals surface area (Å²) in [6.07, 6.45) is 2.87. The number of hydrogen-bond donors (Lipinski definition) is 1. The normalized spacial score (nSPS) is 18.8. The lowest BCUT2D eigenvalue weighted by Gasteiger charge is -2.48. The molecule has 2 N–H and O–H groups in total. The quantitative estimate of drug-likeness (QED) is 0.894. The fraction of sp³-hybridized carbons (Fsp3) is 0.545. The Bertz CT molecular complexity index is 372. The molecule has 1 fully saturated rings. The van der Waals surface area contributed by atoms with Gasteiger partial charge in [0.2, 0.25) is 0 Å². The summed E-state index contributed by atoms with van der Waals surface area (Å²) in [5.74, 6) is 1.02. The van der Waals surface area contributed by atoms with Crippen LogP contribution < -0.4 is 10.6 Å². The van der Waals surface area contributed by atoms with Crippen LogP contribution in [0.3, 0.4) is 0 Å². The van der Waals surface area contributed by atoms with Gasteiger partial charge in [-0.25, -0.2) is 4.98 Å². The van der Waals surface area contributed by atoms with E-state index < -0.39 is 0 Å². The fourth-order valence-corrected chi connectivity index (χ4v) is 2.32. The maximum Gasteiger partial charge on any atom is 0.143 e. The molecule has 1 aromatic heterocycles. The number of hydrogen-bond acceptors (Lipinski definition) is 3. The molecule has 2 heterocycles. The topological polar surface area (TPSA) is 42.1 Å². The van der Waals surface area contributed by atoms with E-state index in [1.165, 1.54) is 5.56 Å². The molecule has 0 radical (unpaired) electrons. The summed E-state index contributed by atoms with van der Waals surface area (Å²) in [6, 6.07) is 2.00. The highest BCUT2D eigenvalue weighted by atomic mass is 79.9. The number of anilines is 1. The van der Waals surface area contributed by atoms with Crippen LogP contribution >= 0.6 is 15.9 Å². The minimum atomic E-state index is -0.00906. The van der Waals surface area contributed by atoms with Crippen LogP contribution in [0.25, 0.3) is 0 Å². The lowest BCUT2D eigenvalue weighted by atomic mass is 9.88. The monoisotopic (exact) mass is 269 g/mol. The van der Waals surface area contributed by atoms with Crippen molar-refractivity contribution in [1.29, 1.82) is 0 Å². The minimum Gasteiger partial charge on any atom is -0.352 e. The van der Waals surface area contributed by atoms with E-state index in [0.717, 1.165) is 29.8 Å². The molecule has 1 saturated heterocycles. The van der Waals surface area contributed by atoms with Crippen molar-refractivity contribution in [2.45, 2.75) is 25.8 Å². The van der Waals surface area contributed by atoms with Crippen molar-refractivity contribution in [2.24, 2.45) is 5.73 Å². The number of aryl methyl sites for hydroxylation is 1. The van der Waals surface area contributed by atoms with Crippen LogP contribution in [0.2, 0.25) is 0 Å². The first-order valence-electron chi connectivity index (χ1n) is 5.21. The van der Waals surface area contributed by atoms with E-state index in [1.54, 1.807) is 0 Å². The van der Waals surface area contributed by atoms with Gasteiger partial charge in [-0.05, 0) is 40.9 Å². The van der Waals surface area contributed by atoms with E-state index in [2.05, 4.69) is 39.7 Å². The Hall–Kier alpha value is -0.610. The third-order valence-corrected chi connectivity index (χ3v) is 4.06. The summed E-state index contributed by atoms with van der Waals surface area (Å²) >= 11 is 3.57. The Labute approximate surface area is 98.8 Å². The molecule has 0 saturated carbocycles. The Balaban J connectivity index is 2.17. The summed E-state index contributed by atoms with van der Waals surface area (Å²) < 4.78 is 1.09. The lowest BCUT2D eigenvalue weighted by molar-refractivity contribution is 0.319. The van der Waals surface area contributed by atoms with Crippen molar-refractivity contribution in [1.82, 2.24) is 4.98 Å². The van der Waals surface area contributed by atoms with Gasteiger partial charge in [-0.3, -0.25) is 0 Å². The number of aromatic nitrogens is 1. The summed E-state index contributed by atoms with van der Waals surface area (Å²) in [7, 11) is 0. The van der Waals surface area contributed by atoms with Crippen LogP contribution in [0.4, 0.5) is 5.82 Å².